The molecule has 17 heavy (non-hydrogen) atoms. The first-order valence-corrected chi connectivity index (χ1v) is 7.11. The first kappa shape index (κ1) is 13.0. The third-order valence-corrected chi connectivity index (χ3v) is 3.90. The summed E-state index contributed by atoms with van der Waals surface area (Å²) in [5.74, 6) is 0.685. The highest BCUT2D eigenvalue weighted by Gasteiger charge is 2.18. The Kier molecular flexibility index (Phi) is 4.17. The lowest BCUT2D eigenvalue weighted by molar-refractivity contribution is 0.186. The van der Waals surface area contributed by atoms with Gasteiger partial charge in [0.05, 0.1) is 5.01 Å². The summed E-state index contributed by atoms with van der Waals surface area (Å²) in [6.45, 7) is 9.31. The van der Waals surface area contributed by atoms with Crippen molar-refractivity contribution in [2.75, 3.05) is 13.2 Å². The lowest BCUT2D eigenvalue weighted by atomic mass is 10.1. The molecule has 1 fully saturated rings. The minimum atomic E-state index is 0.170. The Morgan fingerprint density at radius 1 is 1.53 bits per heavy atom. The second kappa shape index (κ2) is 5.46. The molecule has 1 unspecified atom stereocenters. The van der Waals surface area contributed by atoms with Crippen molar-refractivity contribution in [1.29, 1.82) is 0 Å². The lowest BCUT2D eigenvalue weighted by Gasteiger charge is -2.19. The molecule has 1 aromatic rings. The molecule has 2 heterocycles. The van der Waals surface area contributed by atoms with Crippen LogP contribution in [0, 0.1) is 5.92 Å². The Morgan fingerprint density at radius 2 is 2.35 bits per heavy atom. The summed E-state index contributed by atoms with van der Waals surface area (Å²) in [6.07, 6.45) is 4.28. The maximum atomic E-state index is 5.39. The topological polar surface area (TPSA) is 34.2 Å². The Morgan fingerprint density at radius 3 is 3.00 bits per heavy atom. The van der Waals surface area contributed by atoms with Crippen molar-refractivity contribution in [3.63, 3.8) is 0 Å². The first-order chi connectivity index (χ1) is 8.03. The number of thiazole rings is 1. The zero-order chi connectivity index (χ0) is 12.3. The molecule has 0 saturated carbocycles. The van der Waals surface area contributed by atoms with Crippen LogP contribution in [-0.4, -0.2) is 23.7 Å². The van der Waals surface area contributed by atoms with Crippen LogP contribution in [-0.2, 0) is 17.7 Å². The van der Waals surface area contributed by atoms with Crippen LogP contribution in [0.3, 0.4) is 0 Å². The SMILES string of the molecule is CC(C)(C)NCc1cnc(CC2CCOC2)s1. The minimum Gasteiger partial charge on any atom is -0.381 e. The number of ether oxygens (including phenoxy) is 1. The van der Waals surface area contributed by atoms with Gasteiger partial charge in [0.2, 0.25) is 0 Å². The van der Waals surface area contributed by atoms with Gasteiger partial charge in [-0.2, -0.15) is 0 Å². The third-order valence-electron chi connectivity index (χ3n) is 2.88. The first-order valence-electron chi connectivity index (χ1n) is 6.29. The Bertz CT molecular complexity index is 351. The van der Waals surface area contributed by atoms with E-state index in [1.165, 1.54) is 16.3 Å². The highest BCUT2D eigenvalue weighted by atomic mass is 32.1. The van der Waals surface area contributed by atoms with Gasteiger partial charge in [-0.05, 0) is 33.1 Å². The van der Waals surface area contributed by atoms with E-state index in [1.54, 1.807) is 0 Å². The molecule has 2 rings (SSSR count). The monoisotopic (exact) mass is 254 g/mol. The molecule has 1 N–H and O–H groups in total. The van der Waals surface area contributed by atoms with Gasteiger partial charge in [0.15, 0.2) is 0 Å². The van der Waals surface area contributed by atoms with Crippen LogP contribution in [0.15, 0.2) is 6.20 Å². The molecule has 0 radical (unpaired) electrons. The predicted molar refractivity (Wildman–Crippen MR) is 71.3 cm³/mol. The second-order valence-electron chi connectivity index (χ2n) is 5.76. The molecule has 4 heteroatoms. The number of hydrogen-bond donors (Lipinski definition) is 1. The van der Waals surface area contributed by atoms with E-state index >= 15 is 0 Å². The highest BCUT2D eigenvalue weighted by Crippen LogP contribution is 2.22. The normalized spacial score (nSPS) is 21.0. The van der Waals surface area contributed by atoms with E-state index in [1.807, 2.05) is 17.5 Å². The van der Waals surface area contributed by atoms with Gasteiger partial charge in [-0.15, -0.1) is 11.3 Å². The highest BCUT2D eigenvalue weighted by molar-refractivity contribution is 7.11. The van der Waals surface area contributed by atoms with E-state index in [-0.39, 0.29) is 5.54 Å². The van der Waals surface area contributed by atoms with Crippen LogP contribution in [0.2, 0.25) is 0 Å². The summed E-state index contributed by atoms with van der Waals surface area (Å²) < 4.78 is 5.39. The van der Waals surface area contributed by atoms with Crippen molar-refractivity contribution in [2.45, 2.75) is 45.7 Å². The average Bonchev–Trinajstić information content (AvgIpc) is 2.86. The van der Waals surface area contributed by atoms with Crippen molar-refractivity contribution in [3.05, 3.63) is 16.1 Å². The van der Waals surface area contributed by atoms with Gasteiger partial charge >= 0.3 is 0 Å². The van der Waals surface area contributed by atoms with E-state index in [9.17, 15) is 0 Å². The van der Waals surface area contributed by atoms with E-state index in [2.05, 4.69) is 31.1 Å². The van der Waals surface area contributed by atoms with Crippen LogP contribution in [0.5, 0.6) is 0 Å². The molecule has 3 nitrogen and oxygen atoms in total. The molecular weight excluding hydrogens is 232 g/mol. The molecule has 0 aromatic carbocycles. The summed E-state index contributed by atoms with van der Waals surface area (Å²) >= 11 is 1.83. The molecule has 1 aromatic heterocycles. The summed E-state index contributed by atoms with van der Waals surface area (Å²) in [5, 5.41) is 4.75. The Balaban J connectivity index is 1.83. The summed E-state index contributed by atoms with van der Waals surface area (Å²) in [5.41, 5.74) is 0.170. The summed E-state index contributed by atoms with van der Waals surface area (Å²) in [6, 6.07) is 0. The second-order valence-corrected chi connectivity index (χ2v) is 6.96. The molecule has 0 bridgehead atoms. The molecule has 96 valence electrons. The number of nitrogens with one attached hydrogen (secondary N) is 1. The number of hydrogen-bond acceptors (Lipinski definition) is 4. The van der Waals surface area contributed by atoms with Gasteiger partial charge in [-0.25, -0.2) is 4.98 Å². The molecule has 0 aliphatic carbocycles. The maximum Gasteiger partial charge on any atom is 0.0931 e. The Hall–Kier alpha value is -0.450. The summed E-state index contributed by atoms with van der Waals surface area (Å²) in [7, 11) is 0. The fraction of sp³-hybridized carbons (Fsp3) is 0.769. The van der Waals surface area contributed by atoms with E-state index in [4.69, 9.17) is 4.74 Å². The smallest absolute Gasteiger partial charge is 0.0931 e. The van der Waals surface area contributed by atoms with Crippen LogP contribution in [0.4, 0.5) is 0 Å². The van der Waals surface area contributed by atoms with Crippen LogP contribution >= 0.6 is 11.3 Å². The standard InChI is InChI=1S/C13H22N2OS/c1-13(2,3)15-8-11-7-14-12(17-11)6-10-4-5-16-9-10/h7,10,15H,4-6,8-9H2,1-3H3. The molecule has 1 saturated heterocycles. The van der Waals surface area contributed by atoms with Gasteiger partial charge in [-0.3, -0.25) is 0 Å². The molecule has 1 aliphatic rings. The number of nitrogens with zero attached hydrogens (tertiary/aromatic N) is 1. The van der Waals surface area contributed by atoms with Crippen molar-refractivity contribution >= 4 is 11.3 Å². The molecule has 1 aliphatic heterocycles. The molecule has 0 amide bonds. The van der Waals surface area contributed by atoms with Crippen molar-refractivity contribution in [2.24, 2.45) is 5.92 Å². The molecular formula is C13H22N2OS. The van der Waals surface area contributed by atoms with Crippen molar-refractivity contribution in [3.8, 4) is 0 Å². The van der Waals surface area contributed by atoms with Gasteiger partial charge in [0.1, 0.15) is 0 Å². The molecule has 0 spiro atoms. The quantitative estimate of drug-likeness (QED) is 0.897. The third kappa shape index (κ3) is 4.37. The van der Waals surface area contributed by atoms with E-state index in [0.29, 0.717) is 5.92 Å². The van der Waals surface area contributed by atoms with Gasteiger partial charge in [0, 0.05) is 42.8 Å². The van der Waals surface area contributed by atoms with Gasteiger partial charge in [-0.1, -0.05) is 0 Å². The van der Waals surface area contributed by atoms with Crippen LogP contribution in [0.1, 0.15) is 37.1 Å². The largest absolute Gasteiger partial charge is 0.381 e. The van der Waals surface area contributed by atoms with Crippen LogP contribution in [0.25, 0.3) is 0 Å². The fourth-order valence-electron chi connectivity index (χ4n) is 1.87. The molecule has 1 atom stereocenters. The summed E-state index contributed by atoms with van der Waals surface area (Å²) in [4.78, 5) is 5.83. The van der Waals surface area contributed by atoms with Crippen molar-refractivity contribution in [1.82, 2.24) is 10.3 Å². The van der Waals surface area contributed by atoms with E-state index < -0.39 is 0 Å². The number of aromatic nitrogens is 1. The average molecular weight is 254 g/mol. The zero-order valence-corrected chi connectivity index (χ0v) is 11.8. The predicted octanol–water partition coefficient (Wildman–Crippen LogP) is 2.61. The maximum absolute atomic E-state index is 5.39. The minimum absolute atomic E-state index is 0.170. The Labute approximate surface area is 108 Å². The fourth-order valence-corrected chi connectivity index (χ4v) is 2.84. The lowest BCUT2D eigenvalue weighted by Crippen LogP contribution is -2.34. The van der Waals surface area contributed by atoms with Gasteiger partial charge in [0.25, 0.3) is 0 Å². The zero-order valence-electron chi connectivity index (χ0n) is 11.0. The van der Waals surface area contributed by atoms with Crippen molar-refractivity contribution < 1.29 is 4.74 Å². The van der Waals surface area contributed by atoms with Crippen LogP contribution < -0.4 is 5.32 Å². The van der Waals surface area contributed by atoms with Gasteiger partial charge < -0.3 is 10.1 Å². The number of rotatable bonds is 4. The van der Waals surface area contributed by atoms with E-state index in [0.717, 1.165) is 26.2 Å².